The first-order valence-corrected chi connectivity index (χ1v) is 12.0. The van der Waals surface area contributed by atoms with E-state index in [1.165, 1.54) is 17.0 Å². The molecule has 206 valence electrons. The first-order chi connectivity index (χ1) is 18.4. The normalized spacial score (nSPS) is 18.5. The summed E-state index contributed by atoms with van der Waals surface area (Å²) in [4.78, 5) is 43.0. The van der Waals surface area contributed by atoms with Crippen molar-refractivity contribution in [2.75, 3.05) is 6.54 Å². The first-order valence-electron chi connectivity index (χ1n) is 12.0. The van der Waals surface area contributed by atoms with Crippen molar-refractivity contribution in [1.29, 1.82) is 0 Å². The largest absolute Gasteiger partial charge is 0.573 e. The van der Waals surface area contributed by atoms with E-state index in [1.54, 1.807) is 0 Å². The Kier molecular flexibility index (Phi) is 7.76. The first kappa shape index (κ1) is 27.8. The number of halogens is 5. The lowest BCUT2D eigenvalue weighted by Gasteiger charge is -2.29. The predicted molar refractivity (Wildman–Crippen MR) is 126 cm³/mol. The molecule has 8 nitrogen and oxygen atoms in total. The quantitative estimate of drug-likeness (QED) is 0.407. The summed E-state index contributed by atoms with van der Waals surface area (Å²) in [6, 6.07) is 2.96. The number of hydrogen-bond donors (Lipinski definition) is 2. The Balaban J connectivity index is 1.49. The number of amides is 3. The van der Waals surface area contributed by atoms with E-state index in [2.05, 4.69) is 26.9 Å². The number of primary amides is 1. The second-order valence-corrected chi connectivity index (χ2v) is 9.29. The molecule has 4 rings (SSSR count). The van der Waals surface area contributed by atoms with Gasteiger partial charge in [-0.3, -0.25) is 19.4 Å². The van der Waals surface area contributed by atoms with Crippen molar-refractivity contribution >= 4 is 17.7 Å². The fourth-order valence-corrected chi connectivity index (χ4v) is 4.58. The maximum absolute atomic E-state index is 13.9. The van der Waals surface area contributed by atoms with Crippen molar-refractivity contribution in [3.05, 3.63) is 59.4 Å². The number of rotatable bonds is 7. The van der Waals surface area contributed by atoms with Crippen LogP contribution >= 0.6 is 0 Å². The van der Waals surface area contributed by atoms with Crippen LogP contribution in [0.1, 0.15) is 43.2 Å². The maximum Gasteiger partial charge on any atom is 0.573 e. The average molecular weight is 550 g/mol. The molecule has 0 spiro atoms. The van der Waals surface area contributed by atoms with Gasteiger partial charge < -0.3 is 20.7 Å². The van der Waals surface area contributed by atoms with Gasteiger partial charge in [-0.1, -0.05) is 24.0 Å². The van der Waals surface area contributed by atoms with Gasteiger partial charge in [0.2, 0.25) is 17.7 Å². The number of carbonyl (C=O) groups is 3. The van der Waals surface area contributed by atoms with Crippen molar-refractivity contribution in [2.24, 2.45) is 5.73 Å². The number of carbonyl (C=O) groups excluding carboxylic acids is 3. The van der Waals surface area contributed by atoms with Gasteiger partial charge in [0.05, 0.1) is 35.8 Å². The number of likely N-dealkylation sites (tertiary alicyclic amines) is 1. The van der Waals surface area contributed by atoms with Crippen LogP contribution in [0, 0.1) is 23.5 Å². The third-order valence-corrected chi connectivity index (χ3v) is 6.56. The monoisotopic (exact) mass is 550 g/mol. The predicted octanol–water partition coefficient (Wildman–Crippen LogP) is 2.69. The number of hydrogen-bond acceptors (Lipinski definition) is 5. The molecular formula is C26H23F5N4O4. The zero-order valence-corrected chi connectivity index (χ0v) is 20.4. The van der Waals surface area contributed by atoms with Gasteiger partial charge in [-0.05, 0) is 43.4 Å². The van der Waals surface area contributed by atoms with Crippen molar-refractivity contribution in [2.45, 2.75) is 56.0 Å². The molecule has 2 atom stereocenters. The third-order valence-electron chi connectivity index (χ3n) is 6.56. The summed E-state index contributed by atoms with van der Waals surface area (Å²) in [6.45, 7) is 0.271. The SMILES string of the molecule is NC(=O)C[C@@H](C#Cc1c(F)cncc1F)NC(=O)[C@@H]1CCCN1C(=O)C1(c2ccc(OC(F)(F)F)cc2)CC1. The van der Waals surface area contributed by atoms with E-state index in [-0.39, 0.29) is 12.5 Å². The summed E-state index contributed by atoms with van der Waals surface area (Å²) in [6.07, 6.45) is -2.02. The highest BCUT2D eigenvalue weighted by Gasteiger charge is 2.55. The highest BCUT2D eigenvalue weighted by molar-refractivity contribution is 5.96. The molecule has 39 heavy (non-hydrogen) atoms. The van der Waals surface area contributed by atoms with Gasteiger partial charge >= 0.3 is 6.36 Å². The molecule has 2 aromatic rings. The van der Waals surface area contributed by atoms with E-state index < -0.39 is 65.0 Å². The van der Waals surface area contributed by atoms with Gasteiger partial charge in [-0.25, -0.2) is 8.78 Å². The highest BCUT2D eigenvalue weighted by atomic mass is 19.4. The Morgan fingerprint density at radius 1 is 1.15 bits per heavy atom. The third kappa shape index (κ3) is 6.45. The number of alkyl halides is 3. The van der Waals surface area contributed by atoms with E-state index >= 15 is 0 Å². The van der Waals surface area contributed by atoms with Gasteiger partial charge in [-0.2, -0.15) is 0 Å². The van der Waals surface area contributed by atoms with Crippen LogP contribution in [0.4, 0.5) is 22.0 Å². The standard InChI is InChI=1S/C26H23F5N4O4/c27-19-13-33-14-20(28)18(19)8-5-16(12-22(32)36)34-23(37)21-2-1-11-35(21)24(38)25(9-10-25)15-3-6-17(7-4-15)39-26(29,30)31/h3-4,6-7,13-14,16,21H,1-2,9-12H2,(H2,32,36)(H,34,37)/t16-,21+/m1/s1. The van der Waals surface area contributed by atoms with Gasteiger partial charge in [0.25, 0.3) is 0 Å². The number of nitrogens with one attached hydrogen (secondary N) is 1. The summed E-state index contributed by atoms with van der Waals surface area (Å²) < 4.78 is 69.1. The summed E-state index contributed by atoms with van der Waals surface area (Å²) in [5.41, 5.74) is 4.20. The molecule has 2 heterocycles. The second-order valence-electron chi connectivity index (χ2n) is 9.29. The lowest BCUT2D eigenvalue weighted by Crippen LogP contribution is -2.51. The fourth-order valence-electron chi connectivity index (χ4n) is 4.58. The summed E-state index contributed by atoms with van der Waals surface area (Å²) in [7, 11) is 0. The molecule has 0 bridgehead atoms. The van der Waals surface area contributed by atoms with Crippen molar-refractivity contribution in [3.8, 4) is 17.6 Å². The van der Waals surface area contributed by atoms with Crippen molar-refractivity contribution in [3.63, 3.8) is 0 Å². The summed E-state index contributed by atoms with van der Waals surface area (Å²) in [5, 5.41) is 2.53. The molecule has 0 unspecified atom stereocenters. The number of aromatic nitrogens is 1. The van der Waals surface area contributed by atoms with Crippen LogP contribution in [-0.4, -0.2) is 52.6 Å². The topological polar surface area (TPSA) is 115 Å². The molecule has 1 aliphatic carbocycles. The number of ether oxygens (including phenoxy) is 1. The van der Waals surface area contributed by atoms with E-state index in [0.29, 0.717) is 31.2 Å². The van der Waals surface area contributed by atoms with E-state index in [1.807, 2.05) is 0 Å². The van der Waals surface area contributed by atoms with E-state index in [9.17, 15) is 36.3 Å². The van der Waals surface area contributed by atoms with Crippen LogP contribution in [0.5, 0.6) is 5.75 Å². The van der Waals surface area contributed by atoms with Crippen LogP contribution in [0.3, 0.4) is 0 Å². The summed E-state index contributed by atoms with van der Waals surface area (Å²) >= 11 is 0. The van der Waals surface area contributed by atoms with Crippen molar-refractivity contribution in [1.82, 2.24) is 15.2 Å². The van der Waals surface area contributed by atoms with Crippen LogP contribution in [0.2, 0.25) is 0 Å². The highest BCUT2D eigenvalue weighted by Crippen LogP contribution is 2.50. The van der Waals surface area contributed by atoms with E-state index in [4.69, 9.17) is 5.73 Å². The number of nitrogens with two attached hydrogens (primary N) is 1. The van der Waals surface area contributed by atoms with Crippen LogP contribution < -0.4 is 15.8 Å². The molecule has 3 amide bonds. The Morgan fingerprint density at radius 2 is 1.79 bits per heavy atom. The fraction of sp³-hybridized carbons (Fsp3) is 0.385. The molecule has 1 saturated heterocycles. The molecule has 1 aromatic heterocycles. The zero-order chi connectivity index (χ0) is 28.4. The van der Waals surface area contributed by atoms with Crippen LogP contribution in [0.15, 0.2) is 36.7 Å². The Hall–Kier alpha value is -4.21. The van der Waals surface area contributed by atoms with Gasteiger partial charge in [0, 0.05) is 6.54 Å². The number of pyridine rings is 1. The van der Waals surface area contributed by atoms with Crippen LogP contribution in [-0.2, 0) is 19.8 Å². The van der Waals surface area contributed by atoms with Crippen LogP contribution in [0.25, 0.3) is 0 Å². The molecule has 1 aromatic carbocycles. The molecule has 1 saturated carbocycles. The minimum atomic E-state index is -4.85. The summed E-state index contributed by atoms with van der Waals surface area (Å²) in [5.74, 6) is 0.473. The average Bonchev–Trinajstić information content (AvgIpc) is 3.51. The maximum atomic E-state index is 13.9. The lowest BCUT2D eigenvalue weighted by molar-refractivity contribution is -0.274. The number of benzene rings is 1. The van der Waals surface area contributed by atoms with Gasteiger partial charge in [0.15, 0.2) is 11.6 Å². The molecule has 13 heteroatoms. The Labute approximate surface area is 219 Å². The van der Waals surface area contributed by atoms with Gasteiger partial charge in [-0.15, -0.1) is 13.2 Å². The van der Waals surface area contributed by atoms with E-state index in [0.717, 1.165) is 24.5 Å². The molecule has 2 aliphatic rings. The second kappa shape index (κ2) is 10.9. The molecule has 1 aliphatic heterocycles. The van der Waals surface area contributed by atoms with Gasteiger partial charge in [0.1, 0.15) is 11.8 Å². The Morgan fingerprint density at radius 3 is 2.36 bits per heavy atom. The Bertz CT molecular complexity index is 1310. The molecular weight excluding hydrogens is 527 g/mol. The smallest absolute Gasteiger partial charge is 0.406 e. The molecule has 2 fully saturated rings. The number of nitrogens with zero attached hydrogens (tertiary/aromatic N) is 2. The lowest BCUT2D eigenvalue weighted by atomic mass is 9.93. The van der Waals surface area contributed by atoms with Crippen molar-refractivity contribution < 1.29 is 41.1 Å². The molecule has 0 radical (unpaired) electrons. The zero-order valence-electron chi connectivity index (χ0n) is 20.4. The minimum Gasteiger partial charge on any atom is -0.406 e. The minimum absolute atomic E-state index is 0.271. The molecule has 3 N–H and O–H groups in total.